The Morgan fingerprint density at radius 2 is 1.29 bits per heavy atom. The molecular formula is C45H83NO8Si2. The maximum Gasteiger partial charge on any atom is 0.404 e. The van der Waals surface area contributed by atoms with Crippen molar-refractivity contribution in [2.45, 2.75) is 183 Å². The van der Waals surface area contributed by atoms with Crippen LogP contribution in [0.3, 0.4) is 0 Å². The molecule has 1 amide bonds. The monoisotopic (exact) mass is 822 g/mol. The molecule has 0 aliphatic heterocycles. The van der Waals surface area contributed by atoms with Gasteiger partial charge in [-0.1, -0.05) is 125 Å². The minimum Gasteiger partial charge on any atom is -0.466 e. The van der Waals surface area contributed by atoms with Gasteiger partial charge in [-0.3, -0.25) is 9.59 Å². The number of aliphatic hydroxyl groups is 1. The molecule has 0 aliphatic carbocycles. The third-order valence-electron chi connectivity index (χ3n) is 11.8. The van der Waals surface area contributed by atoms with Crippen LogP contribution in [0.2, 0.25) is 36.3 Å². The topological polar surface area (TPSA) is 134 Å². The van der Waals surface area contributed by atoms with Crippen molar-refractivity contribution in [3.8, 4) is 0 Å². The van der Waals surface area contributed by atoms with Crippen LogP contribution < -0.4 is 5.73 Å². The summed E-state index contributed by atoms with van der Waals surface area (Å²) in [7, 11) is -4.46. The molecule has 3 N–H and O–H groups in total. The van der Waals surface area contributed by atoms with Crippen molar-refractivity contribution in [2.24, 2.45) is 35.3 Å². The standard InChI is InChI=1S/C45H83NO8Si2/c1-19-21-23-32(4)41(52-43(46)50)36(8)42(54-56(17,18)45(12,13)14)35(7)29-31(3)28-34(6)40(53-55(15,16)44(9,10)11)33(5)26-27-38(48)30-37(47)24-22-25-39(49)51-20-2/h19,21,23,26-28,32-36,38,40-42,48H,1,20,22,24-25,29-30H2,2-18H3,(H2,46,50). The van der Waals surface area contributed by atoms with Crippen LogP contribution in [-0.2, 0) is 27.9 Å². The van der Waals surface area contributed by atoms with Crippen LogP contribution in [0.25, 0.3) is 0 Å². The average molecular weight is 822 g/mol. The number of ketones is 1. The normalized spacial score (nSPS) is 18.4. The van der Waals surface area contributed by atoms with E-state index in [0.29, 0.717) is 13.0 Å². The number of Topliss-reactive ketones (excluding diaryl/α,β-unsaturated/α-hetero) is 1. The zero-order valence-corrected chi connectivity index (χ0v) is 40.5. The second kappa shape index (κ2) is 23.9. The zero-order chi connectivity index (χ0) is 43.8. The maximum absolute atomic E-state index is 12.5. The lowest BCUT2D eigenvalue weighted by Crippen LogP contribution is -2.50. The van der Waals surface area contributed by atoms with E-state index < -0.39 is 34.9 Å². The number of amides is 1. The SMILES string of the molecule is C=CC=CC(C)C(OC(N)=O)C(C)C(O[Si](C)(C)C(C)(C)C)C(C)CC(C)=CC(C)C(O[Si](C)(C)C(C)(C)C)C(C)C=CC(O)CC(=O)CCCC(=O)OCC. The number of primary amides is 1. The lowest BCUT2D eigenvalue weighted by Gasteiger charge is -2.45. The summed E-state index contributed by atoms with van der Waals surface area (Å²) < 4.78 is 25.1. The van der Waals surface area contributed by atoms with Crippen molar-refractivity contribution in [3.63, 3.8) is 0 Å². The lowest BCUT2D eigenvalue weighted by atomic mass is 9.81. The van der Waals surface area contributed by atoms with E-state index in [1.807, 2.05) is 25.2 Å². The molecule has 0 aromatic rings. The molecule has 11 heteroatoms. The van der Waals surface area contributed by atoms with Crippen LogP contribution in [0.1, 0.15) is 122 Å². The smallest absolute Gasteiger partial charge is 0.404 e. The summed E-state index contributed by atoms with van der Waals surface area (Å²) in [6, 6.07) is 0. The van der Waals surface area contributed by atoms with Crippen LogP contribution in [0.15, 0.2) is 48.6 Å². The summed E-state index contributed by atoms with van der Waals surface area (Å²) in [4.78, 5) is 36.4. The Morgan fingerprint density at radius 1 is 0.768 bits per heavy atom. The first-order valence-corrected chi connectivity index (χ1v) is 26.6. The van der Waals surface area contributed by atoms with Gasteiger partial charge in [-0.25, -0.2) is 4.79 Å². The van der Waals surface area contributed by atoms with E-state index in [4.69, 9.17) is 24.1 Å². The first-order chi connectivity index (χ1) is 25.5. The highest BCUT2D eigenvalue weighted by Crippen LogP contribution is 2.42. The number of nitrogens with two attached hydrogens (primary N) is 1. The number of hydrogen-bond donors (Lipinski definition) is 2. The average Bonchev–Trinajstić information content (AvgIpc) is 3.04. The number of ether oxygens (including phenoxy) is 2. The summed E-state index contributed by atoms with van der Waals surface area (Å²) in [5.74, 6) is -0.605. The maximum atomic E-state index is 12.5. The number of allylic oxidation sites excluding steroid dienone is 3. The van der Waals surface area contributed by atoms with Gasteiger partial charge in [-0.2, -0.15) is 0 Å². The predicted octanol–water partition coefficient (Wildman–Crippen LogP) is 11.1. The van der Waals surface area contributed by atoms with Gasteiger partial charge in [0.2, 0.25) is 0 Å². The third kappa shape index (κ3) is 19.0. The number of esters is 1. The number of carbonyl (C=O) groups excluding carboxylic acids is 3. The number of hydrogen-bond acceptors (Lipinski definition) is 8. The number of aliphatic hydroxyl groups excluding tert-OH is 1. The molecule has 0 fully saturated rings. The highest BCUT2D eigenvalue weighted by molar-refractivity contribution is 6.74. The van der Waals surface area contributed by atoms with Crippen molar-refractivity contribution in [2.75, 3.05) is 6.61 Å². The second-order valence-electron chi connectivity index (χ2n) is 19.2. The van der Waals surface area contributed by atoms with Crippen molar-refractivity contribution >= 4 is 34.5 Å². The summed E-state index contributed by atoms with van der Waals surface area (Å²) in [5.41, 5.74) is 6.83. The van der Waals surface area contributed by atoms with Crippen LogP contribution >= 0.6 is 0 Å². The van der Waals surface area contributed by atoms with Crippen LogP contribution in [0.4, 0.5) is 4.79 Å². The molecule has 0 bridgehead atoms. The van der Waals surface area contributed by atoms with E-state index >= 15 is 0 Å². The summed E-state index contributed by atoms with van der Waals surface area (Å²) in [6.07, 6.45) is 10.5. The van der Waals surface area contributed by atoms with Gasteiger partial charge in [0.05, 0.1) is 24.9 Å². The molecule has 324 valence electrons. The van der Waals surface area contributed by atoms with Gasteiger partial charge in [0.15, 0.2) is 16.6 Å². The zero-order valence-electron chi connectivity index (χ0n) is 38.5. The van der Waals surface area contributed by atoms with Crippen molar-refractivity contribution in [1.82, 2.24) is 0 Å². The molecule has 9 unspecified atom stereocenters. The highest BCUT2D eigenvalue weighted by atomic mass is 28.4. The highest BCUT2D eigenvalue weighted by Gasteiger charge is 2.44. The third-order valence-corrected chi connectivity index (χ3v) is 20.8. The van der Waals surface area contributed by atoms with E-state index in [1.165, 1.54) is 5.57 Å². The molecule has 0 saturated carbocycles. The van der Waals surface area contributed by atoms with Crippen LogP contribution in [0, 0.1) is 29.6 Å². The van der Waals surface area contributed by atoms with E-state index in [9.17, 15) is 19.5 Å². The summed E-state index contributed by atoms with van der Waals surface area (Å²) in [6.45, 7) is 41.1. The molecule has 0 aliphatic rings. The van der Waals surface area contributed by atoms with Crippen LogP contribution in [-0.4, -0.2) is 70.6 Å². The van der Waals surface area contributed by atoms with E-state index in [1.54, 1.807) is 19.1 Å². The molecule has 0 spiro atoms. The fourth-order valence-electron chi connectivity index (χ4n) is 6.56. The predicted molar refractivity (Wildman–Crippen MR) is 237 cm³/mol. The van der Waals surface area contributed by atoms with Crippen molar-refractivity contribution < 1.29 is 37.8 Å². The fraction of sp³-hybridized carbons (Fsp3) is 0.756. The molecule has 0 aromatic heterocycles. The molecule has 56 heavy (non-hydrogen) atoms. The summed E-state index contributed by atoms with van der Waals surface area (Å²) >= 11 is 0. The van der Waals surface area contributed by atoms with Gasteiger partial charge in [-0.05, 0) is 80.7 Å². The molecular weight excluding hydrogens is 739 g/mol. The molecule has 0 saturated heterocycles. The van der Waals surface area contributed by atoms with Gasteiger partial charge in [0.25, 0.3) is 0 Å². The van der Waals surface area contributed by atoms with Gasteiger partial charge in [0.1, 0.15) is 11.9 Å². The number of rotatable bonds is 25. The van der Waals surface area contributed by atoms with Gasteiger partial charge < -0.3 is 29.2 Å². The van der Waals surface area contributed by atoms with E-state index in [0.717, 1.165) is 6.42 Å². The van der Waals surface area contributed by atoms with Gasteiger partial charge in [-0.15, -0.1) is 0 Å². The Hall–Kier alpha value is -2.32. The van der Waals surface area contributed by atoms with Gasteiger partial charge in [0, 0.05) is 31.1 Å². The minimum absolute atomic E-state index is 0.00253. The molecule has 0 rings (SSSR count). The first-order valence-electron chi connectivity index (χ1n) is 20.8. The minimum atomic E-state index is -2.25. The van der Waals surface area contributed by atoms with Crippen LogP contribution in [0.5, 0.6) is 0 Å². The van der Waals surface area contributed by atoms with E-state index in [2.05, 4.69) is 115 Å². The molecule has 0 aromatic carbocycles. The summed E-state index contributed by atoms with van der Waals surface area (Å²) in [5, 5.41) is 10.7. The Labute approximate surface area is 344 Å². The Bertz CT molecular complexity index is 1330. The van der Waals surface area contributed by atoms with Crippen molar-refractivity contribution in [1.29, 1.82) is 0 Å². The van der Waals surface area contributed by atoms with E-state index in [-0.39, 0.29) is 82.9 Å². The number of carbonyl (C=O) groups is 3. The first kappa shape index (κ1) is 53.7. The lowest BCUT2D eigenvalue weighted by molar-refractivity contribution is -0.143. The fourth-order valence-corrected chi connectivity index (χ4v) is 9.51. The molecule has 0 heterocycles. The van der Waals surface area contributed by atoms with Gasteiger partial charge >= 0.3 is 12.1 Å². The Morgan fingerprint density at radius 3 is 1.77 bits per heavy atom. The Balaban J connectivity index is 6.54. The molecule has 9 atom stereocenters. The largest absolute Gasteiger partial charge is 0.466 e. The quantitative estimate of drug-likeness (QED) is 0.0402. The molecule has 0 radical (unpaired) electrons. The second-order valence-corrected chi connectivity index (χ2v) is 28.7. The molecule has 9 nitrogen and oxygen atoms in total. The van der Waals surface area contributed by atoms with Crippen molar-refractivity contribution in [3.05, 3.63) is 48.6 Å². The Kier molecular flexibility index (Phi) is 22.9.